The minimum Gasteiger partial charge on any atom is -0.352 e. The summed E-state index contributed by atoms with van der Waals surface area (Å²) >= 11 is 0. The average molecular weight is 261 g/mol. The highest BCUT2D eigenvalue weighted by Crippen LogP contribution is 2.19. The number of hydrogen-bond acceptors (Lipinski definition) is 2. The summed E-state index contributed by atoms with van der Waals surface area (Å²) in [6.45, 7) is 2.71. The van der Waals surface area contributed by atoms with Gasteiger partial charge >= 0.3 is 6.18 Å². The van der Waals surface area contributed by atoms with Gasteiger partial charge in [0, 0.05) is 12.1 Å². The van der Waals surface area contributed by atoms with Crippen molar-refractivity contribution in [1.82, 2.24) is 10.6 Å². The van der Waals surface area contributed by atoms with Gasteiger partial charge in [-0.2, -0.15) is 13.2 Å². The van der Waals surface area contributed by atoms with Crippen LogP contribution in [0.4, 0.5) is 13.2 Å². The summed E-state index contributed by atoms with van der Waals surface area (Å²) in [7, 11) is 0. The topological polar surface area (TPSA) is 41.1 Å². The van der Waals surface area contributed by atoms with Gasteiger partial charge in [0.1, 0.15) is 6.42 Å². The maximum Gasteiger partial charge on any atom is 0.397 e. The minimum absolute atomic E-state index is 0. The van der Waals surface area contributed by atoms with E-state index >= 15 is 0 Å². The number of hydrogen-bond donors (Lipinski definition) is 2. The van der Waals surface area contributed by atoms with Crippen LogP contribution in [0, 0.1) is 0 Å². The molecule has 2 unspecified atom stereocenters. The first-order chi connectivity index (χ1) is 6.88. The number of nitrogens with one attached hydrogen (secondary N) is 2. The Morgan fingerprint density at radius 3 is 2.62 bits per heavy atom. The van der Waals surface area contributed by atoms with Gasteiger partial charge in [0.05, 0.1) is 0 Å². The molecule has 0 aliphatic carbocycles. The van der Waals surface area contributed by atoms with Crippen molar-refractivity contribution in [1.29, 1.82) is 0 Å². The second kappa shape index (κ2) is 6.30. The number of halogens is 4. The molecule has 0 aromatic heterocycles. The Hall–Kier alpha value is -0.490. The first-order valence-electron chi connectivity index (χ1n) is 4.98. The third-order valence-corrected chi connectivity index (χ3v) is 2.47. The van der Waals surface area contributed by atoms with Crippen LogP contribution in [0.1, 0.15) is 26.2 Å². The summed E-state index contributed by atoms with van der Waals surface area (Å²) in [5.74, 6) is -0.942. The van der Waals surface area contributed by atoms with Gasteiger partial charge in [0.2, 0.25) is 5.91 Å². The standard InChI is InChI=1S/C9H15F3N2O.ClH/c1-6-7(3-2-4-13-6)14-8(15)5-9(10,11)12;/h6-7,13H,2-5H2,1H3,(H,14,15);1H. The summed E-state index contributed by atoms with van der Waals surface area (Å²) in [6.07, 6.45) is -4.20. The summed E-state index contributed by atoms with van der Waals surface area (Å²) in [5.41, 5.74) is 0. The van der Waals surface area contributed by atoms with Crippen molar-refractivity contribution < 1.29 is 18.0 Å². The van der Waals surface area contributed by atoms with Gasteiger partial charge < -0.3 is 10.6 Å². The molecule has 16 heavy (non-hydrogen) atoms. The van der Waals surface area contributed by atoms with Crippen LogP contribution in [0.5, 0.6) is 0 Å². The smallest absolute Gasteiger partial charge is 0.352 e. The van der Waals surface area contributed by atoms with Crippen molar-refractivity contribution in [2.45, 2.75) is 44.4 Å². The quantitative estimate of drug-likeness (QED) is 0.792. The van der Waals surface area contributed by atoms with E-state index in [1.165, 1.54) is 0 Å². The van der Waals surface area contributed by atoms with Gasteiger partial charge in [-0.15, -0.1) is 12.4 Å². The highest BCUT2D eigenvalue weighted by molar-refractivity contribution is 5.85. The minimum atomic E-state index is -4.42. The van der Waals surface area contributed by atoms with Gasteiger partial charge in [-0.25, -0.2) is 0 Å². The van der Waals surface area contributed by atoms with Crippen LogP contribution in [0.3, 0.4) is 0 Å². The first kappa shape index (κ1) is 15.5. The van der Waals surface area contributed by atoms with Gasteiger partial charge in [-0.1, -0.05) is 0 Å². The van der Waals surface area contributed by atoms with E-state index in [-0.39, 0.29) is 24.5 Å². The van der Waals surface area contributed by atoms with E-state index in [1.807, 2.05) is 6.92 Å². The first-order valence-corrected chi connectivity index (χ1v) is 4.98. The van der Waals surface area contributed by atoms with Gasteiger partial charge in [0.25, 0.3) is 0 Å². The number of rotatable bonds is 2. The lowest BCUT2D eigenvalue weighted by atomic mass is 10.00. The molecule has 0 bridgehead atoms. The number of amides is 1. The van der Waals surface area contributed by atoms with Crippen molar-refractivity contribution in [3.63, 3.8) is 0 Å². The molecule has 1 fully saturated rings. The van der Waals surface area contributed by atoms with Crippen LogP contribution < -0.4 is 10.6 Å². The van der Waals surface area contributed by atoms with E-state index in [1.54, 1.807) is 0 Å². The zero-order valence-electron chi connectivity index (χ0n) is 8.93. The van der Waals surface area contributed by atoms with Crippen molar-refractivity contribution >= 4 is 18.3 Å². The number of piperidine rings is 1. The molecule has 0 spiro atoms. The molecule has 0 aromatic rings. The van der Waals surface area contributed by atoms with Crippen molar-refractivity contribution in [3.8, 4) is 0 Å². The van der Waals surface area contributed by atoms with Crippen molar-refractivity contribution in [2.24, 2.45) is 0 Å². The summed E-state index contributed by atoms with van der Waals surface area (Å²) < 4.78 is 35.6. The Morgan fingerprint density at radius 1 is 1.50 bits per heavy atom. The van der Waals surface area contributed by atoms with Crippen LogP contribution in [0.15, 0.2) is 0 Å². The molecule has 1 rings (SSSR count). The Balaban J connectivity index is 0.00000225. The van der Waals surface area contributed by atoms with E-state index in [0.29, 0.717) is 0 Å². The molecule has 0 saturated carbocycles. The average Bonchev–Trinajstić information content (AvgIpc) is 2.05. The fraction of sp³-hybridized carbons (Fsp3) is 0.889. The van der Waals surface area contributed by atoms with Crippen molar-refractivity contribution in [3.05, 3.63) is 0 Å². The van der Waals surface area contributed by atoms with Crippen LogP contribution in [0.2, 0.25) is 0 Å². The molecule has 1 aliphatic heterocycles. The third-order valence-electron chi connectivity index (χ3n) is 2.47. The van der Waals surface area contributed by atoms with E-state index in [0.717, 1.165) is 19.4 Å². The fourth-order valence-electron chi connectivity index (χ4n) is 1.68. The highest BCUT2D eigenvalue weighted by atomic mass is 35.5. The lowest BCUT2D eigenvalue weighted by Gasteiger charge is -2.30. The zero-order chi connectivity index (χ0) is 11.5. The van der Waals surface area contributed by atoms with E-state index in [9.17, 15) is 18.0 Å². The number of carbonyl (C=O) groups excluding carboxylic acids is 1. The molecule has 1 heterocycles. The Labute approximate surface area is 98.6 Å². The molecule has 1 aliphatic rings. The SMILES string of the molecule is CC1NCCCC1NC(=O)CC(F)(F)F.Cl. The van der Waals surface area contributed by atoms with E-state index in [2.05, 4.69) is 10.6 Å². The highest BCUT2D eigenvalue weighted by Gasteiger charge is 2.32. The maximum absolute atomic E-state index is 11.9. The summed E-state index contributed by atoms with van der Waals surface area (Å²) in [5, 5.41) is 5.51. The predicted octanol–water partition coefficient (Wildman–Crippen LogP) is 1.62. The number of carbonyl (C=O) groups is 1. The largest absolute Gasteiger partial charge is 0.397 e. The zero-order valence-corrected chi connectivity index (χ0v) is 9.75. The molecular formula is C9H16ClF3N2O. The van der Waals surface area contributed by atoms with Gasteiger partial charge in [-0.3, -0.25) is 4.79 Å². The summed E-state index contributed by atoms with van der Waals surface area (Å²) in [4.78, 5) is 11.0. The predicted molar refractivity (Wildman–Crippen MR) is 56.5 cm³/mol. The molecule has 3 nitrogen and oxygen atoms in total. The molecule has 2 atom stereocenters. The normalized spacial score (nSPS) is 25.8. The molecule has 96 valence electrons. The molecule has 0 aromatic carbocycles. The van der Waals surface area contributed by atoms with Crippen LogP contribution in [-0.2, 0) is 4.79 Å². The van der Waals surface area contributed by atoms with E-state index < -0.39 is 18.5 Å². The fourth-order valence-corrected chi connectivity index (χ4v) is 1.68. The van der Waals surface area contributed by atoms with Gasteiger partial charge in [-0.05, 0) is 26.3 Å². The Morgan fingerprint density at radius 2 is 2.12 bits per heavy atom. The molecule has 2 N–H and O–H groups in total. The van der Waals surface area contributed by atoms with Crippen molar-refractivity contribution in [2.75, 3.05) is 6.54 Å². The second-order valence-electron chi connectivity index (χ2n) is 3.85. The molecule has 1 amide bonds. The lowest BCUT2D eigenvalue weighted by Crippen LogP contribution is -2.52. The third kappa shape index (κ3) is 5.55. The van der Waals surface area contributed by atoms with E-state index in [4.69, 9.17) is 0 Å². The molecule has 0 radical (unpaired) electrons. The summed E-state index contributed by atoms with van der Waals surface area (Å²) in [6, 6.07) is -0.149. The lowest BCUT2D eigenvalue weighted by molar-refractivity contribution is -0.154. The van der Waals surface area contributed by atoms with Crippen LogP contribution in [-0.4, -0.2) is 30.7 Å². The monoisotopic (exact) mass is 260 g/mol. The van der Waals surface area contributed by atoms with Crippen LogP contribution >= 0.6 is 12.4 Å². The second-order valence-corrected chi connectivity index (χ2v) is 3.85. The molecule has 1 saturated heterocycles. The Kier molecular flexibility index (Phi) is 6.10. The van der Waals surface area contributed by atoms with Crippen LogP contribution in [0.25, 0.3) is 0 Å². The number of alkyl halides is 3. The van der Waals surface area contributed by atoms with Gasteiger partial charge in [0.15, 0.2) is 0 Å². The maximum atomic E-state index is 11.9. The Bertz CT molecular complexity index is 235. The molecular weight excluding hydrogens is 245 g/mol. The molecule has 7 heteroatoms.